The third-order valence-electron chi connectivity index (χ3n) is 9.75. The minimum absolute atomic E-state index is 0.164. The molecular weight excluding hydrogens is 440 g/mol. The van der Waals surface area contributed by atoms with Gasteiger partial charge in [-0.15, -0.1) is 0 Å². The molecular formula is C28H34N4O3. The predicted molar refractivity (Wildman–Crippen MR) is 133 cm³/mol. The van der Waals surface area contributed by atoms with Gasteiger partial charge in [0.25, 0.3) is 5.91 Å². The van der Waals surface area contributed by atoms with Crippen molar-refractivity contribution in [3.05, 3.63) is 47.7 Å². The summed E-state index contributed by atoms with van der Waals surface area (Å²) in [5, 5.41) is 13.8. The topological polar surface area (TPSA) is 104 Å². The maximum absolute atomic E-state index is 13.3. The number of pyridine rings is 1. The van der Waals surface area contributed by atoms with E-state index in [1.165, 1.54) is 12.0 Å². The molecule has 1 amide bonds. The molecule has 2 aliphatic heterocycles. The third-order valence-corrected chi connectivity index (χ3v) is 9.75. The van der Waals surface area contributed by atoms with Gasteiger partial charge in [0.05, 0.1) is 17.3 Å². The van der Waals surface area contributed by atoms with E-state index >= 15 is 0 Å². The normalized spacial score (nSPS) is 39.3. The fraction of sp³-hybridized carbons (Fsp3) is 0.571. The molecule has 0 radical (unpaired) electrons. The second kappa shape index (κ2) is 7.28. The van der Waals surface area contributed by atoms with Crippen molar-refractivity contribution in [3.63, 3.8) is 0 Å². The molecule has 4 saturated carbocycles. The van der Waals surface area contributed by atoms with E-state index in [2.05, 4.69) is 46.4 Å². The highest BCUT2D eigenvalue weighted by Crippen LogP contribution is 2.60. The highest BCUT2D eigenvalue weighted by molar-refractivity contribution is 5.99. The molecule has 184 valence electrons. The van der Waals surface area contributed by atoms with Gasteiger partial charge in [-0.3, -0.25) is 9.69 Å². The zero-order valence-electron chi connectivity index (χ0n) is 20.3. The summed E-state index contributed by atoms with van der Waals surface area (Å²) >= 11 is 0. The fourth-order valence-corrected chi connectivity index (χ4v) is 7.19. The summed E-state index contributed by atoms with van der Waals surface area (Å²) in [6.07, 6.45) is 8.40. The van der Waals surface area contributed by atoms with Gasteiger partial charge in [-0.2, -0.15) is 0 Å². The highest BCUT2D eigenvalue weighted by Gasteiger charge is 2.63. The smallest absolute Gasteiger partial charge is 0.255 e. The lowest BCUT2D eigenvalue weighted by Gasteiger charge is -2.51. The van der Waals surface area contributed by atoms with E-state index in [0.717, 1.165) is 68.7 Å². The monoisotopic (exact) mass is 474 g/mol. The minimum atomic E-state index is -0.528. The van der Waals surface area contributed by atoms with Gasteiger partial charge >= 0.3 is 0 Å². The van der Waals surface area contributed by atoms with Crippen LogP contribution in [0.5, 0.6) is 0 Å². The Morgan fingerprint density at radius 1 is 1.14 bits per heavy atom. The van der Waals surface area contributed by atoms with E-state index in [1.54, 1.807) is 6.20 Å². The summed E-state index contributed by atoms with van der Waals surface area (Å²) in [4.78, 5) is 20.1. The summed E-state index contributed by atoms with van der Waals surface area (Å²) in [5.74, 6) is 0.820. The van der Waals surface area contributed by atoms with Crippen LogP contribution in [0.25, 0.3) is 11.1 Å². The number of aromatic nitrogens is 1. The number of carbonyl (C=O) groups excluding carboxylic acids is 1. The Labute approximate surface area is 206 Å². The summed E-state index contributed by atoms with van der Waals surface area (Å²) in [5.41, 5.74) is 9.43. The van der Waals surface area contributed by atoms with Gasteiger partial charge in [0.1, 0.15) is 12.0 Å². The molecule has 2 saturated heterocycles. The number of hydrogen-bond acceptors (Lipinski definition) is 6. The number of likely N-dealkylation sites (tertiary alicyclic amines) is 1. The van der Waals surface area contributed by atoms with E-state index in [0.29, 0.717) is 17.9 Å². The number of rotatable bonds is 5. The molecule has 8 rings (SSSR count). The molecule has 1 aromatic heterocycles. The van der Waals surface area contributed by atoms with Crippen LogP contribution in [-0.2, 0) is 10.2 Å². The molecule has 2 unspecified atom stereocenters. The number of carbonyl (C=O) groups is 1. The van der Waals surface area contributed by atoms with Crippen LogP contribution in [-0.4, -0.2) is 57.5 Å². The summed E-state index contributed by atoms with van der Waals surface area (Å²) in [6.45, 7) is 4.37. The van der Waals surface area contributed by atoms with E-state index < -0.39 is 5.60 Å². The van der Waals surface area contributed by atoms with E-state index in [4.69, 9.17) is 10.5 Å². The Balaban J connectivity index is 1.08. The largest absolute Gasteiger partial charge is 0.390 e. The first-order chi connectivity index (χ1) is 16.8. The SMILES string of the molecule is CC1OC1N1C[C@@H]2C[C@]2(c2ccc(-c3cnc(N)c(C(=O)NC45CCC(O)(CC4)CC5)c3)cc2)C1. The molecule has 7 nitrogen and oxygen atoms in total. The number of epoxide rings is 1. The Hall–Kier alpha value is -2.48. The summed E-state index contributed by atoms with van der Waals surface area (Å²) in [7, 11) is 0. The van der Waals surface area contributed by atoms with E-state index in [9.17, 15) is 9.90 Å². The van der Waals surface area contributed by atoms with Crippen LogP contribution in [0.3, 0.4) is 0 Å². The first kappa shape index (κ1) is 21.8. The maximum Gasteiger partial charge on any atom is 0.255 e. The summed E-state index contributed by atoms with van der Waals surface area (Å²) in [6, 6.07) is 10.7. The number of fused-ring (bicyclic) bond motifs is 4. The molecule has 4 atom stereocenters. The zero-order chi connectivity index (χ0) is 24.0. The average molecular weight is 475 g/mol. The number of hydrogen-bond donors (Lipinski definition) is 3. The molecule has 4 aliphatic carbocycles. The van der Waals surface area contributed by atoms with Crippen molar-refractivity contribution in [2.75, 3.05) is 18.8 Å². The highest BCUT2D eigenvalue weighted by atomic mass is 16.6. The standard InChI is InChI=1S/C28H34N4O3/c1-17-25(35-17)32-15-21-13-28(21,16-32)20-4-2-18(3-5-20)19-12-22(23(29)30-14-19)24(33)31-26-6-9-27(34,10-7-26)11-8-26/h2-5,12,14,17,21,25,34H,6-11,13,15-16H2,1H3,(H2,29,30)(H,31,33)/t17?,21-,25?,26?,27?,28+/m0/s1. The Kier molecular flexibility index (Phi) is 4.53. The number of piperidine rings is 1. The molecule has 7 heteroatoms. The number of benzene rings is 1. The summed E-state index contributed by atoms with van der Waals surface area (Å²) < 4.78 is 5.70. The van der Waals surface area contributed by atoms with Crippen LogP contribution >= 0.6 is 0 Å². The van der Waals surface area contributed by atoms with Gasteiger partial charge < -0.3 is 20.9 Å². The van der Waals surface area contributed by atoms with E-state index in [-0.39, 0.29) is 22.7 Å². The predicted octanol–water partition coefficient (Wildman–Crippen LogP) is 3.22. The molecule has 4 N–H and O–H groups in total. The maximum atomic E-state index is 13.3. The number of nitrogens with two attached hydrogens (primary N) is 1. The van der Waals surface area contributed by atoms with Crippen molar-refractivity contribution in [1.29, 1.82) is 0 Å². The third kappa shape index (κ3) is 3.51. The van der Waals surface area contributed by atoms with Crippen molar-refractivity contribution in [2.45, 2.75) is 80.8 Å². The number of nitrogen functional groups attached to an aromatic ring is 1. The number of amides is 1. The van der Waals surface area contributed by atoms with Crippen LogP contribution in [0.2, 0.25) is 0 Å². The van der Waals surface area contributed by atoms with Gasteiger partial charge in [0, 0.05) is 35.8 Å². The van der Waals surface area contributed by atoms with Crippen LogP contribution in [0, 0.1) is 5.92 Å². The van der Waals surface area contributed by atoms with Crippen molar-refractivity contribution in [1.82, 2.24) is 15.2 Å². The molecule has 6 aliphatic rings. The van der Waals surface area contributed by atoms with Crippen molar-refractivity contribution in [3.8, 4) is 11.1 Å². The Bertz CT molecular complexity index is 1170. The number of anilines is 1. The van der Waals surface area contributed by atoms with Gasteiger partial charge in [-0.05, 0) is 75.0 Å². The number of aliphatic hydroxyl groups is 1. The Morgan fingerprint density at radius 2 is 1.83 bits per heavy atom. The first-order valence-corrected chi connectivity index (χ1v) is 13.1. The van der Waals surface area contributed by atoms with Crippen LogP contribution < -0.4 is 11.1 Å². The van der Waals surface area contributed by atoms with Crippen LogP contribution in [0.1, 0.15) is 67.8 Å². The number of ether oxygens (including phenoxy) is 1. The van der Waals surface area contributed by atoms with Gasteiger partial charge in [0.15, 0.2) is 0 Å². The van der Waals surface area contributed by atoms with Gasteiger partial charge in [-0.1, -0.05) is 24.3 Å². The fourth-order valence-electron chi connectivity index (χ4n) is 7.19. The first-order valence-electron chi connectivity index (χ1n) is 13.1. The van der Waals surface area contributed by atoms with E-state index in [1.807, 2.05) is 6.07 Å². The minimum Gasteiger partial charge on any atom is -0.390 e. The lowest BCUT2D eigenvalue weighted by molar-refractivity contribution is -0.0702. The number of nitrogens with zero attached hydrogens (tertiary/aromatic N) is 2. The second-order valence-electron chi connectivity index (χ2n) is 11.9. The lowest BCUT2D eigenvalue weighted by Crippen LogP contribution is -2.58. The number of nitrogens with one attached hydrogen (secondary N) is 1. The Morgan fingerprint density at radius 3 is 2.49 bits per heavy atom. The van der Waals surface area contributed by atoms with Gasteiger partial charge in [0.2, 0.25) is 0 Å². The molecule has 2 bridgehead atoms. The second-order valence-corrected chi connectivity index (χ2v) is 11.9. The lowest BCUT2D eigenvalue weighted by atomic mass is 9.63. The molecule has 3 heterocycles. The van der Waals surface area contributed by atoms with Crippen LogP contribution in [0.4, 0.5) is 5.82 Å². The van der Waals surface area contributed by atoms with Crippen molar-refractivity contribution in [2.24, 2.45) is 5.92 Å². The van der Waals surface area contributed by atoms with Crippen molar-refractivity contribution >= 4 is 11.7 Å². The molecule has 2 aromatic rings. The van der Waals surface area contributed by atoms with Crippen molar-refractivity contribution < 1.29 is 14.6 Å². The zero-order valence-corrected chi connectivity index (χ0v) is 20.3. The van der Waals surface area contributed by atoms with Crippen LogP contribution in [0.15, 0.2) is 36.5 Å². The molecule has 0 spiro atoms. The average Bonchev–Trinajstić information content (AvgIpc) is 3.75. The van der Waals surface area contributed by atoms with Gasteiger partial charge in [-0.25, -0.2) is 4.98 Å². The molecule has 1 aromatic carbocycles. The quantitative estimate of drug-likeness (QED) is 0.575. The molecule has 6 fully saturated rings. The molecule has 35 heavy (non-hydrogen) atoms.